The Balaban J connectivity index is 2.36. The quantitative estimate of drug-likeness (QED) is 0.792. The second-order valence-corrected chi connectivity index (χ2v) is 4.78. The molecule has 0 aliphatic carbocycles. The van der Waals surface area contributed by atoms with Crippen LogP contribution in [0.1, 0.15) is 24.2 Å². The number of carbonyl (C=O) groups excluding carboxylic acids is 1. The Morgan fingerprint density at radius 2 is 2.11 bits per heavy atom. The zero-order chi connectivity index (χ0) is 14.2. The lowest BCUT2D eigenvalue weighted by Gasteiger charge is -2.37. The molecule has 104 valence electrons. The molecule has 2 rings (SSSR count). The molecular formula is C13H16F2N2O2. The Morgan fingerprint density at radius 1 is 1.42 bits per heavy atom. The van der Waals surface area contributed by atoms with Crippen molar-refractivity contribution in [1.29, 1.82) is 0 Å². The molecule has 1 heterocycles. The van der Waals surface area contributed by atoms with Crippen molar-refractivity contribution in [3.63, 3.8) is 0 Å². The van der Waals surface area contributed by atoms with E-state index in [2.05, 4.69) is 0 Å². The number of nitrogens with zero attached hydrogens (tertiary/aromatic N) is 1. The molecule has 1 saturated heterocycles. The Hall–Kier alpha value is -1.69. The molecular weight excluding hydrogens is 254 g/mol. The van der Waals surface area contributed by atoms with Gasteiger partial charge in [-0.05, 0) is 26.0 Å². The molecule has 1 aromatic rings. The van der Waals surface area contributed by atoms with Crippen molar-refractivity contribution in [2.24, 2.45) is 0 Å². The Labute approximate surface area is 110 Å². The molecule has 1 aromatic carbocycles. The van der Waals surface area contributed by atoms with Crippen molar-refractivity contribution in [3.05, 3.63) is 29.3 Å². The van der Waals surface area contributed by atoms with Crippen LogP contribution in [0.4, 0.5) is 14.5 Å². The maximum Gasteiger partial charge on any atom is 0.260 e. The minimum atomic E-state index is -1.00. The minimum absolute atomic E-state index is 0.160. The maximum absolute atomic E-state index is 13.8. The highest BCUT2D eigenvalue weighted by atomic mass is 19.1. The first-order valence-electron chi connectivity index (χ1n) is 6.08. The number of hydrogen-bond donors (Lipinski definition) is 1. The second-order valence-electron chi connectivity index (χ2n) is 4.78. The molecule has 2 N–H and O–H groups in total. The molecule has 2 unspecified atom stereocenters. The number of amides is 1. The summed E-state index contributed by atoms with van der Waals surface area (Å²) >= 11 is 0. The zero-order valence-electron chi connectivity index (χ0n) is 10.8. The lowest BCUT2D eigenvalue weighted by atomic mass is 10.1. The molecule has 2 atom stereocenters. The van der Waals surface area contributed by atoms with E-state index < -0.39 is 23.1 Å². The Kier molecular flexibility index (Phi) is 3.71. The van der Waals surface area contributed by atoms with Gasteiger partial charge in [0.1, 0.15) is 11.4 Å². The van der Waals surface area contributed by atoms with Crippen LogP contribution in [0.25, 0.3) is 0 Å². The van der Waals surface area contributed by atoms with Gasteiger partial charge >= 0.3 is 0 Å². The first-order chi connectivity index (χ1) is 8.91. The van der Waals surface area contributed by atoms with Gasteiger partial charge in [-0.15, -0.1) is 0 Å². The van der Waals surface area contributed by atoms with Crippen molar-refractivity contribution in [1.82, 2.24) is 4.90 Å². The van der Waals surface area contributed by atoms with Gasteiger partial charge in [0.2, 0.25) is 0 Å². The van der Waals surface area contributed by atoms with Gasteiger partial charge in [0.15, 0.2) is 5.82 Å². The fourth-order valence-electron chi connectivity index (χ4n) is 2.09. The number of hydrogen-bond acceptors (Lipinski definition) is 3. The number of ether oxygens (including phenoxy) is 1. The Bertz CT molecular complexity index is 508. The van der Waals surface area contributed by atoms with Gasteiger partial charge in [-0.25, -0.2) is 8.78 Å². The number of nitrogen functional groups attached to an aromatic ring is 1. The van der Waals surface area contributed by atoms with E-state index in [-0.39, 0.29) is 17.8 Å². The normalized spacial score (nSPS) is 23.5. The van der Waals surface area contributed by atoms with E-state index in [4.69, 9.17) is 10.5 Å². The highest BCUT2D eigenvalue weighted by Crippen LogP contribution is 2.23. The van der Waals surface area contributed by atoms with Crippen LogP contribution in [-0.2, 0) is 4.74 Å². The third-order valence-corrected chi connectivity index (χ3v) is 3.20. The predicted molar refractivity (Wildman–Crippen MR) is 66.7 cm³/mol. The monoisotopic (exact) mass is 270 g/mol. The van der Waals surface area contributed by atoms with Gasteiger partial charge in [-0.2, -0.15) is 0 Å². The van der Waals surface area contributed by atoms with Crippen molar-refractivity contribution >= 4 is 11.6 Å². The summed E-state index contributed by atoms with van der Waals surface area (Å²) in [4.78, 5) is 13.7. The van der Waals surface area contributed by atoms with E-state index >= 15 is 0 Å². The second kappa shape index (κ2) is 5.13. The summed E-state index contributed by atoms with van der Waals surface area (Å²) in [7, 11) is 0. The highest BCUT2D eigenvalue weighted by Gasteiger charge is 2.31. The van der Waals surface area contributed by atoms with E-state index in [1.54, 1.807) is 13.8 Å². The average molecular weight is 270 g/mol. The summed E-state index contributed by atoms with van der Waals surface area (Å²) in [5.41, 5.74) is 4.55. The smallest absolute Gasteiger partial charge is 0.260 e. The largest absolute Gasteiger partial charge is 0.396 e. The fourth-order valence-corrected chi connectivity index (χ4v) is 2.09. The van der Waals surface area contributed by atoms with Crippen LogP contribution in [0.5, 0.6) is 0 Å². The molecule has 1 fully saturated rings. The van der Waals surface area contributed by atoms with Crippen molar-refractivity contribution in [2.75, 3.05) is 18.9 Å². The molecule has 19 heavy (non-hydrogen) atoms. The van der Waals surface area contributed by atoms with Gasteiger partial charge in [0.05, 0.1) is 24.4 Å². The number of halogens is 2. The first kappa shape index (κ1) is 13.7. The summed E-state index contributed by atoms with van der Waals surface area (Å²) < 4.78 is 32.9. The summed E-state index contributed by atoms with van der Waals surface area (Å²) in [6.07, 6.45) is -0.160. The third kappa shape index (κ3) is 2.53. The standard InChI is InChI=1S/C13H16F2N2O2/c1-7-6-19-8(2)5-17(7)13(18)11-9(14)3-4-10(16)12(11)15/h3-4,7-8H,5-6,16H2,1-2H3. The number of benzene rings is 1. The topological polar surface area (TPSA) is 55.6 Å². The summed E-state index contributed by atoms with van der Waals surface area (Å²) in [5.74, 6) is -2.59. The van der Waals surface area contributed by atoms with Crippen LogP contribution >= 0.6 is 0 Å². The van der Waals surface area contributed by atoms with Crippen LogP contribution in [0.2, 0.25) is 0 Å². The molecule has 0 spiro atoms. The van der Waals surface area contributed by atoms with E-state index in [0.29, 0.717) is 13.2 Å². The molecule has 0 bridgehead atoms. The van der Waals surface area contributed by atoms with E-state index in [1.165, 1.54) is 4.90 Å². The minimum Gasteiger partial charge on any atom is -0.396 e. The summed E-state index contributed by atoms with van der Waals surface area (Å²) in [6, 6.07) is 1.87. The molecule has 4 nitrogen and oxygen atoms in total. The van der Waals surface area contributed by atoms with E-state index in [9.17, 15) is 13.6 Å². The fraction of sp³-hybridized carbons (Fsp3) is 0.462. The number of morpholine rings is 1. The van der Waals surface area contributed by atoms with Crippen molar-refractivity contribution in [3.8, 4) is 0 Å². The van der Waals surface area contributed by atoms with Crippen LogP contribution in [0.3, 0.4) is 0 Å². The van der Waals surface area contributed by atoms with Crippen LogP contribution in [-0.4, -0.2) is 36.1 Å². The van der Waals surface area contributed by atoms with Crippen LogP contribution < -0.4 is 5.73 Å². The third-order valence-electron chi connectivity index (χ3n) is 3.20. The number of nitrogens with two attached hydrogens (primary N) is 1. The molecule has 0 saturated carbocycles. The number of anilines is 1. The number of rotatable bonds is 1. The van der Waals surface area contributed by atoms with Gasteiger partial charge in [-0.3, -0.25) is 4.79 Å². The molecule has 1 aliphatic heterocycles. The van der Waals surface area contributed by atoms with Crippen LogP contribution in [0.15, 0.2) is 12.1 Å². The van der Waals surface area contributed by atoms with Crippen LogP contribution in [0, 0.1) is 11.6 Å². The van der Waals surface area contributed by atoms with Crippen molar-refractivity contribution in [2.45, 2.75) is 26.0 Å². The van der Waals surface area contributed by atoms with Gasteiger partial charge < -0.3 is 15.4 Å². The average Bonchev–Trinajstić information content (AvgIpc) is 2.37. The van der Waals surface area contributed by atoms with Gasteiger partial charge in [-0.1, -0.05) is 0 Å². The summed E-state index contributed by atoms with van der Waals surface area (Å²) in [6.45, 7) is 4.22. The SMILES string of the molecule is CC1CN(C(=O)c2c(F)ccc(N)c2F)C(C)CO1. The highest BCUT2D eigenvalue weighted by molar-refractivity contribution is 5.96. The van der Waals surface area contributed by atoms with Crippen molar-refractivity contribution < 1.29 is 18.3 Å². The number of carbonyl (C=O) groups is 1. The maximum atomic E-state index is 13.8. The summed E-state index contributed by atoms with van der Waals surface area (Å²) in [5, 5.41) is 0. The lowest BCUT2D eigenvalue weighted by Crippen LogP contribution is -2.50. The molecule has 0 radical (unpaired) electrons. The van der Waals surface area contributed by atoms with Gasteiger partial charge in [0, 0.05) is 6.54 Å². The lowest BCUT2D eigenvalue weighted by molar-refractivity contribution is -0.0390. The Morgan fingerprint density at radius 3 is 2.79 bits per heavy atom. The molecule has 1 amide bonds. The van der Waals surface area contributed by atoms with E-state index in [1.807, 2.05) is 0 Å². The first-order valence-corrected chi connectivity index (χ1v) is 6.08. The zero-order valence-corrected chi connectivity index (χ0v) is 10.8. The molecule has 6 heteroatoms. The predicted octanol–water partition coefficient (Wildman–Crippen LogP) is 1.80. The molecule has 0 aromatic heterocycles. The van der Waals surface area contributed by atoms with E-state index in [0.717, 1.165) is 12.1 Å². The molecule has 1 aliphatic rings. The van der Waals surface area contributed by atoms with Gasteiger partial charge in [0.25, 0.3) is 5.91 Å².